The first-order chi connectivity index (χ1) is 9.45. The highest BCUT2D eigenvalue weighted by Crippen LogP contribution is 2.20. The van der Waals surface area contributed by atoms with Crippen molar-refractivity contribution in [3.63, 3.8) is 0 Å². The highest BCUT2D eigenvalue weighted by molar-refractivity contribution is 7.89. The molecule has 0 spiro atoms. The summed E-state index contributed by atoms with van der Waals surface area (Å²) in [5.41, 5.74) is 0. The van der Waals surface area contributed by atoms with Crippen LogP contribution in [0.5, 0.6) is 0 Å². The third-order valence-corrected chi connectivity index (χ3v) is 6.32. The van der Waals surface area contributed by atoms with Crippen molar-refractivity contribution in [3.05, 3.63) is 0 Å². The molecule has 1 amide bonds. The van der Waals surface area contributed by atoms with Crippen molar-refractivity contribution < 1.29 is 13.2 Å². The number of carbonyl (C=O) groups excluding carboxylic acids is 1. The summed E-state index contributed by atoms with van der Waals surface area (Å²) in [6.07, 6.45) is 0.632. The standard InChI is InChI=1S/C13H25N3O3S/c1-3-8-20(18,19)16-6-4-15(5-7-16)13(17)12-10-14-9-11(12)2/h11-12,14H,3-10H2,1-2H3/t11-,12-/m1/s1. The molecule has 116 valence electrons. The lowest BCUT2D eigenvalue weighted by atomic mass is 9.96. The average Bonchev–Trinajstić information content (AvgIpc) is 2.84. The molecule has 0 aromatic rings. The van der Waals surface area contributed by atoms with Crippen molar-refractivity contribution in [1.29, 1.82) is 0 Å². The first-order valence-electron chi connectivity index (χ1n) is 7.43. The maximum atomic E-state index is 12.4. The Morgan fingerprint density at radius 2 is 1.85 bits per heavy atom. The van der Waals surface area contributed by atoms with Gasteiger partial charge in [0, 0.05) is 32.7 Å². The SMILES string of the molecule is CCCS(=O)(=O)N1CCN(C(=O)[C@@H]2CNC[C@H]2C)CC1. The molecule has 2 saturated heterocycles. The van der Waals surface area contributed by atoms with Crippen LogP contribution in [-0.4, -0.2) is 68.6 Å². The van der Waals surface area contributed by atoms with E-state index in [0.29, 0.717) is 38.5 Å². The Balaban J connectivity index is 1.89. The molecular weight excluding hydrogens is 278 g/mol. The second-order valence-electron chi connectivity index (χ2n) is 5.78. The molecule has 0 aromatic heterocycles. The molecule has 2 aliphatic heterocycles. The van der Waals surface area contributed by atoms with E-state index in [1.807, 2.05) is 11.8 Å². The second kappa shape index (κ2) is 6.41. The van der Waals surface area contributed by atoms with E-state index in [0.717, 1.165) is 13.1 Å². The quantitative estimate of drug-likeness (QED) is 0.776. The number of rotatable bonds is 4. The van der Waals surface area contributed by atoms with Crippen LogP contribution in [0.4, 0.5) is 0 Å². The summed E-state index contributed by atoms with van der Waals surface area (Å²) in [4.78, 5) is 14.2. The third kappa shape index (κ3) is 3.32. The van der Waals surface area contributed by atoms with Gasteiger partial charge in [-0.15, -0.1) is 0 Å². The summed E-state index contributed by atoms with van der Waals surface area (Å²) in [5, 5.41) is 3.24. The fraction of sp³-hybridized carbons (Fsp3) is 0.923. The number of nitrogens with one attached hydrogen (secondary N) is 1. The summed E-state index contributed by atoms with van der Waals surface area (Å²) in [6.45, 7) is 7.49. The predicted octanol–water partition coefficient (Wildman–Crippen LogP) is -0.274. The van der Waals surface area contributed by atoms with Gasteiger partial charge in [0.05, 0.1) is 11.7 Å². The Morgan fingerprint density at radius 3 is 2.35 bits per heavy atom. The fourth-order valence-corrected chi connectivity index (χ4v) is 4.44. The monoisotopic (exact) mass is 303 g/mol. The van der Waals surface area contributed by atoms with Crippen molar-refractivity contribution in [2.75, 3.05) is 45.0 Å². The Labute approximate surface area is 121 Å². The Morgan fingerprint density at radius 1 is 1.20 bits per heavy atom. The van der Waals surface area contributed by atoms with Gasteiger partial charge in [-0.1, -0.05) is 13.8 Å². The minimum atomic E-state index is -3.13. The number of amides is 1. The number of nitrogens with zero attached hydrogens (tertiary/aromatic N) is 2. The van der Waals surface area contributed by atoms with Crippen molar-refractivity contribution >= 4 is 15.9 Å². The lowest BCUT2D eigenvalue weighted by molar-refractivity contribution is -0.137. The van der Waals surface area contributed by atoms with Gasteiger partial charge in [0.15, 0.2) is 0 Å². The molecule has 0 saturated carbocycles. The van der Waals surface area contributed by atoms with Gasteiger partial charge in [0.1, 0.15) is 0 Å². The topological polar surface area (TPSA) is 69.7 Å². The van der Waals surface area contributed by atoms with Crippen LogP contribution in [0.3, 0.4) is 0 Å². The minimum absolute atomic E-state index is 0.0498. The number of carbonyl (C=O) groups is 1. The maximum absolute atomic E-state index is 12.4. The van der Waals surface area contributed by atoms with Crippen LogP contribution >= 0.6 is 0 Å². The van der Waals surface area contributed by atoms with Gasteiger partial charge in [-0.05, 0) is 18.9 Å². The lowest BCUT2D eigenvalue weighted by Gasteiger charge is -2.35. The van der Waals surface area contributed by atoms with Gasteiger partial charge in [-0.25, -0.2) is 8.42 Å². The lowest BCUT2D eigenvalue weighted by Crippen LogP contribution is -2.52. The van der Waals surface area contributed by atoms with E-state index in [-0.39, 0.29) is 17.6 Å². The van der Waals surface area contributed by atoms with E-state index in [1.54, 1.807) is 0 Å². The number of piperazine rings is 1. The van der Waals surface area contributed by atoms with Crippen molar-refractivity contribution in [1.82, 2.24) is 14.5 Å². The molecule has 2 fully saturated rings. The molecule has 2 rings (SSSR count). The highest BCUT2D eigenvalue weighted by atomic mass is 32.2. The Hall–Kier alpha value is -0.660. The molecule has 0 radical (unpaired) electrons. The first-order valence-corrected chi connectivity index (χ1v) is 9.04. The van der Waals surface area contributed by atoms with Gasteiger partial charge >= 0.3 is 0 Å². The van der Waals surface area contributed by atoms with Gasteiger partial charge in [0.25, 0.3) is 0 Å². The summed E-state index contributed by atoms with van der Waals surface area (Å²) in [7, 11) is -3.13. The zero-order chi connectivity index (χ0) is 14.8. The van der Waals surface area contributed by atoms with Crippen LogP contribution in [0.15, 0.2) is 0 Å². The van der Waals surface area contributed by atoms with Gasteiger partial charge < -0.3 is 10.2 Å². The highest BCUT2D eigenvalue weighted by Gasteiger charge is 2.35. The Bertz CT molecular complexity index is 444. The number of hydrogen-bond donors (Lipinski definition) is 1. The molecule has 7 heteroatoms. The molecule has 0 unspecified atom stereocenters. The van der Waals surface area contributed by atoms with Gasteiger partial charge in [-0.3, -0.25) is 4.79 Å². The van der Waals surface area contributed by atoms with E-state index in [1.165, 1.54) is 4.31 Å². The van der Waals surface area contributed by atoms with Crippen LogP contribution in [0, 0.1) is 11.8 Å². The number of hydrogen-bond acceptors (Lipinski definition) is 4. The summed E-state index contributed by atoms with van der Waals surface area (Å²) >= 11 is 0. The third-order valence-electron chi connectivity index (χ3n) is 4.24. The fourth-order valence-electron chi connectivity index (χ4n) is 2.95. The van der Waals surface area contributed by atoms with E-state index >= 15 is 0 Å². The molecule has 2 atom stereocenters. The van der Waals surface area contributed by atoms with E-state index in [9.17, 15) is 13.2 Å². The zero-order valence-corrected chi connectivity index (χ0v) is 13.2. The summed E-state index contributed by atoms with van der Waals surface area (Å²) < 4.78 is 25.5. The van der Waals surface area contributed by atoms with Crippen molar-refractivity contribution in [2.24, 2.45) is 11.8 Å². The van der Waals surface area contributed by atoms with E-state index in [2.05, 4.69) is 12.2 Å². The number of sulfonamides is 1. The van der Waals surface area contributed by atoms with Crippen LogP contribution in [0.25, 0.3) is 0 Å². The minimum Gasteiger partial charge on any atom is -0.340 e. The van der Waals surface area contributed by atoms with Crippen molar-refractivity contribution in [2.45, 2.75) is 20.3 Å². The maximum Gasteiger partial charge on any atom is 0.227 e. The molecule has 0 aromatic carbocycles. The predicted molar refractivity (Wildman–Crippen MR) is 77.8 cm³/mol. The molecule has 1 N–H and O–H groups in total. The summed E-state index contributed by atoms with van der Waals surface area (Å²) in [5.74, 6) is 0.790. The smallest absolute Gasteiger partial charge is 0.227 e. The zero-order valence-electron chi connectivity index (χ0n) is 12.3. The summed E-state index contributed by atoms with van der Waals surface area (Å²) in [6, 6.07) is 0. The second-order valence-corrected chi connectivity index (χ2v) is 7.87. The Kier molecular flexibility index (Phi) is 5.04. The average molecular weight is 303 g/mol. The van der Waals surface area contributed by atoms with Gasteiger partial charge in [0.2, 0.25) is 15.9 Å². The van der Waals surface area contributed by atoms with Crippen LogP contribution < -0.4 is 5.32 Å². The van der Waals surface area contributed by atoms with Crippen LogP contribution in [0.2, 0.25) is 0 Å². The van der Waals surface area contributed by atoms with Crippen LogP contribution in [0.1, 0.15) is 20.3 Å². The van der Waals surface area contributed by atoms with E-state index in [4.69, 9.17) is 0 Å². The van der Waals surface area contributed by atoms with Crippen LogP contribution in [-0.2, 0) is 14.8 Å². The molecule has 2 heterocycles. The molecular formula is C13H25N3O3S. The van der Waals surface area contributed by atoms with E-state index < -0.39 is 10.0 Å². The molecule has 20 heavy (non-hydrogen) atoms. The van der Waals surface area contributed by atoms with Crippen molar-refractivity contribution in [3.8, 4) is 0 Å². The largest absolute Gasteiger partial charge is 0.340 e. The van der Waals surface area contributed by atoms with Gasteiger partial charge in [-0.2, -0.15) is 4.31 Å². The normalized spacial score (nSPS) is 28.8. The first kappa shape index (κ1) is 15.7. The molecule has 0 aliphatic carbocycles. The molecule has 2 aliphatic rings. The molecule has 6 nitrogen and oxygen atoms in total. The molecule has 0 bridgehead atoms.